The third-order valence-electron chi connectivity index (χ3n) is 11.5. The number of carbonyl (C=O) groups is 3. The van der Waals surface area contributed by atoms with Crippen molar-refractivity contribution in [2.45, 2.75) is 181 Å². The monoisotopic (exact) mass is 897 g/mol. The molecule has 0 bridgehead atoms. The number of ether oxygens (including phenoxy) is 2. The van der Waals surface area contributed by atoms with E-state index in [0.29, 0.717) is 43.1 Å². The summed E-state index contributed by atoms with van der Waals surface area (Å²) in [6.45, 7) is 8.21. The van der Waals surface area contributed by atoms with Crippen molar-refractivity contribution >= 4 is 25.5 Å². The number of hydrogen-bond acceptors (Lipinski definition) is 11. The van der Waals surface area contributed by atoms with Crippen LogP contribution >= 0.6 is 7.82 Å². The molecule has 1 saturated carbocycles. The first-order chi connectivity index (χ1) is 29.5. The topological polar surface area (TPSA) is 179 Å². The van der Waals surface area contributed by atoms with E-state index in [4.69, 9.17) is 22.9 Å². The molecule has 0 amide bonds. The van der Waals surface area contributed by atoms with Crippen molar-refractivity contribution in [2.24, 2.45) is 11.8 Å². The molecule has 0 spiro atoms. The lowest BCUT2D eigenvalue weighted by molar-refractivity contribution is -0.870. The zero-order valence-corrected chi connectivity index (χ0v) is 40.2. The molecule has 0 radical (unpaired) electrons. The van der Waals surface area contributed by atoms with E-state index in [1.54, 1.807) is 12.2 Å². The number of allylic oxidation sites excluding steroid dienone is 2. The normalized spacial score (nSPS) is 19.1. The van der Waals surface area contributed by atoms with Crippen LogP contribution in [0.25, 0.3) is 0 Å². The molecule has 13 nitrogen and oxygen atoms in total. The van der Waals surface area contributed by atoms with Gasteiger partial charge in [0.05, 0.1) is 40.0 Å². The van der Waals surface area contributed by atoms with Crippen molar-refractivity contribution in [3.63, 3.8) is 0 Å². The summed E-state index contributed by atoms with van der Waals surface area (Å²) in [5, 5.41) is 20.7. The van der Waals surface area contributed by atoms with Crippen molar-refractivity contribution in [1.29, 1.82) is 0 Å². The molecular weight excluding hydrogens is 813 g/mol. The first kappa shape index (κ1) is 55.5. The number of likely N-dealkylation sites (N-methyl/N-ethyl adjacent to an activating group) is 1. The summed E-state index contributed by atoms with van der Waals surface area (Å²) < 4.78 is 40.4. The van der Waals surface area contributed by atoms with E-state index < -0.39 is 44.7 Å². The molecular formula is C48H83NO12P+. The van der Waals surface area contributed by atoms with Crippen LogP contribution < -0.4 is 0 Å². The highest BCUT2D eigenvalue weighted by molar-refractivity contribution is 7.47. The van der Waals surface area contributed by atoms with Crippen molar-refractivity contribution in [3.8, 4) is 0 Å². The fraction of sp³-hybridized carbons (Fsp3) is 0.771. The van der Waals surface area contributed by atoms with Gasteiger partial charge in [-0.25, -0.2) is 4.57 Å². The van der Waals surface area contributed by atoms with Crippen molar-refractivity contribution in [1.82, 2.24) is 0 Å². The average molecular weight is 897 g/mol. The maximum absolute atomic E-state index is 12.8. The molecule has 0 aromatic carbocycles. The Morgan fingerprint density at radius 1 is 0.839 bits per heavy atom. The molecule has 356 valence electrons. The maximum atomic E-state index is 12.8. The fourth-order valence-corrected chi connectivity index (χ4v) is 8.25. The number of unbranched alkanes of at least 4 members (excludes halogenated alkanes) is 10. The number of carbonyl (C=O) groups excluding carboxylic acids is 3. The predicted octanol–water partition coefficient (Wildman–Crippen LogP) is 9.38. The van der Waals surface area contributed by atoms with Crippen molar-refractivity contribution in [2.75, 3.05) is 47.5 Å². The summed E-state index contributed by atoms with van der Waals surface area (Å²) in [5.74, 6) is 0.527. The standard InChI is InChI=1S/C48H82NO12P/c1-8-10-19-25-39(50)30-31-42-41(43(51)34-44(42)52)26-20-17-18-22-28-47(53)57-35-40(36-59-62(55,56)58-33-32-49(5,6)7)60-48(54)29-23-16-14-12-11-13-15-21-27-46-38(4)37(3)45(61-46)24-9-2/h17,20,30-31,39-42,44,50,52H,8-16,18-19,21-29,32-36H2,1-7H3/p+1/b20-17-,31-30+/t39-,40+,41+,42+,44+/m0/s1. The van der Waals surface area contributed by atoms with Crippen LogP contribution in [-0.2, 0) is 50.3 Å². The van der Waals surface area contributed by atoms with Gasteiger partial charge < -0.3 is 33.5 Å². The van der Waals surface area contributed by atoms with E-state index in [1.165, 1.54) is 11.1 Å². The second-order valence-electron chi connectivity index (χ2n) is 18.2. The van der Waals surface area contributed by atoms with Gasteiger partial charge in [-0.05, 0) is 69.9 Å². The van der Waals surface area contributed by atoms with Gasteiger partial charge >= 0.3 is 19.8 Å². The number of aryl methyl sites for hydroxylation is 2. The van der Waals surface area contributed by atoms with E-state index in [9.17, 15) is 34.1 Å². The molecule has 1 fully saturated rings. The maximum Gasteiger partial charge on any atom is 0.472 e. The van der Waals surface area contributed by atoms with Crippen molar-refractivity contribution in [3.05, 3.63) is 47.0 Å². The molecule has 3 N–H and O–H groups in total. The van der Waals surface area contributed by atoms with Gasteiger partial charge in [-0.3, -0.25) is 23.4 Å². The number of Topliss-reactive ketones (excluding diaryl/α,β-unsaturated/α-hetero) is 1. The Labute approximate surface area is 373 Å². The van der Waals surface area contributed by atoms with Crippen LogP contribution in [0.4, 0.5) is 0 Å². The molecule has 14 heteroatoms. The molecule has 0 aliphatic heterocycles. The van der Waals surface area contributed by atoms with E-state index in [1.807, 2.05) is 33.3 Å². The van der Waals surface area contributed by atoms with Crippen LogP contribution in [0, 0.1) is 25.7 Å². The summed E-state index contributed by atoms with van der Waals surface area (Å²) in [5.41, 5.74) is 2.59. The molecule has 2 rings (SSSR count). The van der Waals surface area contributed by atoms with Crippen LogP contribution in [0.2, 0.25) is 0 Å². The van der Waals surface area contributed by atoms with Crippen LogP contribution in [0.3, 0.4) is 0 Å². The molecule has 0 saturated heterocycles. The molecule has 62 heavy (non-hydrogen) atoms. The summed E-state index contributed by atoms with van der Waals surface area (Å²) in [6.07, 6.45) is 21.5. The number of aliphatic hydroxyl groups is 2. The number of phosphoric acid groups is 1. The number of furan rings is 1. The number of phosphoric ester groups is 1. The number of nitrogens with zero attached hydrogens (tertiary/aromatic N) is 1. The van der Waals surface area contributed by atoms with E-state index in [-0.39, 0.29) is 50.1 Å². The van der Waals surface area contributed by atoms with Gasteiger partial charge in [0.25, 0.3) is 0 Å². The van der Waals surface area contributed by atoms with Gasteiger partial charge in [0.2, 0.25) is 0 Å². The Bertz CT molecular complexity index is 1550. The molecule has 1 aromatic rings. The van der Waals surface area contributed by atoms with E-state index >= 15 is 0 Å². The Kier molecular flexibility index (Phi) is 27.3. The van der Waals surface area contributed by atoms with Gasteiger partial charge in [0.1, 0.15) is 37.1 Å². The quantitative estimate of drug-likeness (QED) is 0.0194. The Hall–Kier alpha value is -2.64. The highest BCUT2D eigenvalue weighted by Crippen LogP contribution is 2.43. The summed E-state index contributed by atoms with van der Waals surface area (Å²) in [6, 6.07) is 0. The zero-order valence-electron chi connectivity index (χ0n) is 39.3. The summed E-state index contributed by atoms with van der Waals surface area (Å²) >= 11 is 0. The van der Waals surface area contributed by atoms with Gasteiger partial charge in [-0.1, -0.05) is 95.9 Å². The molecule has 1 aromatic heterocycles. The Morgan fingerprint density at radius 2 is 1.48 bits per heavy atom. The summed E-state index contributed by atoms with van der Waals surface area (Å²) in [4.78, 5) is 48.3. The number of rotatable bonds is 35. The third kappa shape index (κ3) is 23.9. The second kappa shape index (κ2) is 30.5. The third-order valence-corrected chi connectivity index (χ3v) is 12.5. The minimum atomic E-state index is -4.46. The average Bonchev–Trinajstić information content (AvgIpc) is 3.63. The van der Waals surface area contributed by atoms with Gasteiger partial charge in [-0.15, -0.1) is 0 Å². The van der Waals surface area contributed by atoms with Gasteiger partial charge in [-0.2, -0.15) is 0 Å². The summed E-state index contributed by atoms with van der Waals surface area (Å²) in [7, 11) is 1.31. The van der Waals surface area contributed by atoms with E-state index in [2.05, 4.69) is 27.7 Å². The number of hydrogen-bond donors (Lipinski definition) is 3. The lowest BCUT2D eigenvalue weighted by Crippen LogP contribution is -2.37. The molecule has 1 heterocycles. The number of ketones is 1. The van der Waals surface area contributed by atoms with Gasteiger partial charge in [0, 0.05) is 43.9 Å². The number of esters is 2. The van der Waals surface area contributed by atoms with Crippen LogP contribution in [0.5, 0.6) is 0 Å². The highest BCUT2D eigenvalue weighted by Gasteiger charge is 2.39. The molecule has 1 aliphatic rings. The lowest BCUT2D eigenvalue weighted by atomic mass is 9.90. The van der Waals surface area contributed by atoms with Crippen molar-refractivity contribution < 1.29 is 61.5 Å². The van der Waals surface area contributed by atoms with Crippen LogP contribution in [-0.4, -0.2) is 103 Å². The Balaban J connectivity index is 1.75. The van der Waals surface area contributed by atoms with Crippen LogP contribution in [0.15, 0.2) is 28.7 Å². The zero-order chi connectivity index (χ0) is 46.0. The highest BCUT2D eigenvalue weighted by atomic mass is 31.2. The number of aliphatic hydroxyl groups excluding tert-OH is 2. The first-order valence-corrected chi connectivity index (χ1v) is 25.0. The number of quaternary nitrogens is 1. The minimum Gasteiger partial charge on any atom is -0.466 e. The minimum absolute atomic E-state index is 0.00161. The largest absolute Gasteiger partial charge is 0.472 e. The fourth-order valence-electron chi connectivity index (χ4n) is 7.51. The Morgan fingerprint density at radius 3 is 2.15 bits per heavy atom. The van der Waals surface area contributed by atoms with Gasteiger partial charge in [0.15, 0.2) is 6.10 Å². The predicted molar refractivity (Wildman–Crippen MR) is 242 cm³/mol. The second-order valence-corrected chi connectivity index (χ2v) is 19.6. The first-order valence-electron chi connectivity index (χ1n) is 23.5. The molecule has 6 atom stereocenters. The van der Waals surface area contributed by atoms with E-state index in [0.717, 1.165) is 95.0 Å². The lowest BCUT2D eigenvalue weighted by Gasteiger charge is -2.24. The molecule has 1 unspecified atom stereocenters. The SMILES string of the molecule is CCCCC[C@H](O)/C=C/[C@H]1[C@H](O)CC(=O)[C@@H]1C/C=C\CCCC(=O)OC[C@H](COP(=O)(O)OCC[N+](C)(C)C)OC(=O)CCCCCCCCCCc1oc(CCC)c(C)c1C. The molecule has 1 aliphatic carbocycles. The van der Waals surface area contributed by atoms with Crippen LogP contribution in [0.1, 0.15) is 158 Å². The smallest absolute Gasteiger partial charge is 0.466 e.